The van der Waals surface area contributed by atoms with Crippen LogP contribution >= 0.6 is 0 Å². The Kier molecular flexibility index (Phi) is 5.12. The fraction of sp³-hybridized carbons (Fsp3) is 0.381. The first-order valence-electron chi connectivity index (χ1n) is 9.75. The maximum atomic E-state index is 13.0. The van der Waals surface area contributed by atoms with Crippen molar-refractivity contribution in [3.05, 3.63) is 47.3 Å². The molecule has 0 spiro atoms. The van der Waals surface area contributed by atoms with Gasteiger partial charge in [0, 0.05) is 56.1 Å². The van der Waals surface area contributed by atoms with Gasteiger partial charge in [-0.3, -0.25) is 9.59 Å². The van der Waals surface area contributed by atoms with Gasteiger partial charge in [-0.05, 0) is 37.6 Å². The van der Waals surface area contributed by atoms with E-state index in [1.54, 1.807) is 23.1 Å². The highest BCUT2D eigenvalue weighted by atomic mass is 16.2. The predicted octanol–water partition coefficient (Wildman–Crippen LogP) is 1.75. The van der Waals surface area contributed by atoms with Crippen molar-refractivity contribution in [2.24, 2.45) is 0 Å². The molecule has 8 nitrogen and oxygen atoms in total. The first-order valence-corrected chi connectivity index (χ1v) is 9.75. The van der Waals surface area contributed by atoms with Crippen LogP contribution in [0.5, 0.6) is 0 Å². The van der Waals surface area contributed by atoms with E-state index < -0.39 is 0 Å². The predicted molar refractivity (Wildman–Crippen MR) is 108 cm³/mol. The molecule has 2 aliphatic heterocycles. The van der Waals surface area contributed by atoms with Gasteiger partial charge >= 0.3 is 0 Å². The molecule has 0 bridgehead atoms. The number of aryl methyl sites for hydroxylation is 1. The third-order valence-electron chi connectivity index (χ3n) is 5.28. The Morgan fingerprint density at radius 2 is 1.90 bits per heavy atom. The monoisotopic (exact) mass is 390 g/mol. The molecule has 148 valence electrons. The standard InChI is InChI=1S/C21H22N6O2/c1-15-12-17(14-22)24-21(23-15)26-10-8-25(9-11-26)20(29)16-4-2-5-18(13-16)27-7-3-6-19(27)28/h2,4-5,12-13H,3,6-11H2,1H3. The van der Waals surface area contributed by atoms with Crippen LogP contribution in [-0.2, 0) is 4.79 Å². The fourth-order valence-corrected chi connectivity index (χ4v) is 3.77. The average Bonchev–Trinajstić information content (AvgIpc) is 3.19. The summed E-state index contributed by atoms with van der Waals surface area (Å²) in [5.41, 5.74) is 2.47. The molecule has 0 aliphatic carbocycles. The van der Waals surface area contributed by atoms with E-state index in [1.807, 2.05) is 28.9 Å². The molecule has 2 saturated heterocycles. The number of hydrogen-bond donors (Lipinski definition) is 0. The highest BCUT2D eigenvalue weighted by Crippen LogP contribution is 2.23. The van der Waals surface area contributed by atoms with Crippen molar-refractivity contribution >= 4 is 23.5 Å². The van der Waals surface area contributed by atoms with E-state index in [4.69, 9.17) is 5.26 Å². The highest BCUT2D eigenvalue weighted by Gasteiger charge is 2.26. The van der Waals surface area contributed by atoms with Gasteiger partial charge in [0.1, 0.15) is 11.8 Å². The van der Waals surface area contributed by atoms with Gasteiger partial charge in [-0.25, -0.2) is 9.97 Å². The Morgan fingerprint density at radius 3 is 2.59 bits per heavy atom. The van der Waals surface area contributed by atoms with Gasteiger partial charge in [0.25, 0.3) is 5.91 Å². The molecule has 0 unspecified atom stereocenters. The summed E-state index contributed by atoms with van der Waals surface area (Å²) in [6.07, 6.45) is 1.42. The van der Waals surface area contributed by atoms with Crippen LogP contribution in [0.2, 0.25) is 0 Å². The molecule has 0 atom stereocenters. The molecule has 2 aliphatic rings. The van der Waals surface area contributed by atoms with Crippen molar-refractivity contribution in [2.75, 3.05) is 42.5 Å². The minimum absolute atomic E-state index is 0.0407. The van der Waals surface area contributed by atoms with E-state index >= 15 is 0 Å². The summed E-state index contributed by atoms with van der Waals surface area (Å²) in [6.45, 7) is 4.84. The summed E-state index contributed by atoms with van der Waals surface area (Å²) in [7, 11) is 0. The zero-order chi connectivity index (χ0) is 20.4. The van der Waals surface area contributed by atoms with Crippen LogP contribution in [-0.4, -0.2) is 59.4 Å². The van der Waals surface area contributed by atoms with E-state index in [0.717, 1.165) is 17.8 Å². The molecule has 8 heteroatoms. The fourth-order valence-electron chi connectivity index (χ4n) is 3.77. The number of anilines is 2. The molecule has 1 aromatic carbocycles. The van der Waals surface area contributed by atoms with E-state index in [9.17, 15) is 9.59 Å². The Hall–Kier alpha value is -3.47. The van der Waals surface area contributed by atoms with Gasteiger partial charge in [-0.15, -0.1) is 0 Å². The quantitative estimate of drug-likeness (QED) is 0.793. The molecule has 3 heterocycles. The second kappa shape index (κ2) is 7.87. The first kappa shape index (κ1) is 18.9. The normalized spacial score (nSPS) is 16.8. The molecular formula is C21H22N6O2. The van der Waals surface area contributed by atoms with Crippen LogP contribution < -0.4 is 9.80 Å². The molecular weight excluding hydrogens is 368 g/mol. The average molecular weight is 390 g/mol. The summed E-state index contributed by atoms with van der Waals surface area (Å²) in [5.74, 6) is 0.599. The van der Waals surface area contributed by atoms with E-state index in [2.05, 4.69) is 16.0 Å². The van der Waals surface area contributed by atoms with Crippen molar-refractivity contribution in [3.8, 4) is 6.07 Å². The molecule has 29 heavy (non-hydrogen) atoms. The van der Waals surface area contributed by atoms with E-state index in [-0.39, 0.29) is 11.8 Å². The number of carbonyl (C=O) groups excluding carboxylic acids is 2. The van der Waals surface area contributed by atoms with Crippen LogP contribution in [0, 0.1) is 18.3 Å². The second-order valence-electron chi connectivity index (χ2n) is 7.28. The summed E-state index contributed by atoms with van der Waals surface area (Å²) in [5, 5.41) is 9.11. The van der Waals surface area contributed by atoms with Gasteiger partial charge in [0.05, 0.1) is 0 Å². The first-order chi connectivity index (χ1) is 14.0. The largest absolute Gasteiger partial charge is 0.337 e. The number of amides is 2. The maximum Gasteiger partial charge on any atom is 0.254 e. The number of aromatic nitrogens is 2. The van der Waals surface area contributed by atoms with Crippen LogP contribution in [0.4, 0.5) is 11.6 Å². The summed E-state index contributed by atoms with van der Waals surface area (Å²) < 4.78 is 0. The highest BCUT2D eigenvalue weighted by molar-refractivity contribution is 5.99. The summed E-state index contributed by atoms with van der Waals surface area (Å²) >= 11 is 0. The third kappa shape index (κ3) is 3.90. The SMILES string of the molecule is Cc1cc(C#N)nc(N2CCN(C(=O)c3cccc(N4CCCC4=O)c3)CC2)n1. The van der Waals surface area contributed by atoms with Crippen LogP contribution in [0.3, 0.4) is 0 Å². The van der Waals surface area contributed by atoms with Crippen molar-refractivity contribution in [2.45, 2.75) is 19.8 Å². The van der Waals surface area contributed by atoms with Crippen LogP contribution in [0.15, 0.2) is 30.3 Å². The Morgan fingerprint density at radius 1 is 1.10 bits per heavy atom. The number of benzene rings is 1. The van der Waals surface area contributed by atoms with Gasteiger partial charge in [-0.2, -0.15) is 5.26 Å². The van der Waals surface area contributed by atoms with Crippen molar-refractivity contribution < 1.29 is 9.59 Å². The Balaban J connectivity index is 1.44. The van der Waals surface area contributed by atoms with E-state index in [0.29, 0.717) is 56.4 Å². The van der Waals surface area contributed by atoms with Gasteiger partial charge in [-0.1, -0.05) is 6.07 Å². The zero-order valence-electron chi connectivity index (χ0n) is 16.3. The molecule has 0 radical (unpaired) electrons. The lowest BCUT2D eigenvalue weighted by Gasteiger charge is -2.35. The van der Waals surface area contributed by atoms with Crippen molar-refractivity contribution in [3.63, 3.8) is 0 Å². The lowest BCUT2D eigenvalue weighted by molar-refractivity contribution is -0.117. The molecule has 1 aromatic heterocycles. The zero-order valence-corrected chi connectivity index (χ0v) is 16.3. The van der Waals surface area contributed by atoms with Crippen molar-refractivity contribution in [1.82, 2.24) is 14.9 Å². The smallest absolute Gasteiger partial charge is 0.254 e. The minimum atomic E-state index is -0.0407. The second-order valence-corrected chi connectivity index (χ2v) is 7.28. The number of piperazine rings is 1. The van der Waals surface area contributed by atoms with E-state index in [1.165, 1.54) is 0 Å². The topological polar surface area (TPSA) is 93.4 Å². The summed E-state index contributed by atoms with van der Waals surface area (Å²) in [6, 6.07) is 11.0. The lowest BCUT2D eigenvalue weighted by atomic mass is 10.1. The Labute approximate surface area is 169 Å². The van der Waals surface area contributed by atoms with Crippen LogP contribution in [0.1, 0.15) is 34.6 Å². The molecule has 2 aromatic rings. The summed E-state index contributed by atoms with van der Waals surface area (Å²) in [4.78, 5) is 39.2. The third-order valence-corrected chi connectivity index (χ3v) is 5.28. The minimum Gasteiger partial charge on any atom is -0.337 e. The van der Waals surface area contributed by atoms with Gasteiger partial charge < -0.3 is 14.7 Å². The Bertz CT molecular complexity index is 991. The van der Waals surface area contributed by atoms with Crippen molar-refractivity contribution in [1.29, 1.82) is 5.26 Å². The maximum absolute atomic E-state index is 13.0. The molecule has 0 N–H and O–H groups in total. The number of hydrogen-bond acceptors (Lipinski definition) is 6. The van der Waals surface area contributed by atoms with Gasteiger partial charge in [0.2, 0.25) is 11.9 Å². The number of rotatable bonds is 3. The molecule has 2 fully saturated rings. The number of carbonyl (C=O) groups is 2. The number of nitrogens with zero attached hydrogens (tertiary/aromatic N) is 6. The lowest BCUT2D eigenvalue weighted by Crippen LogP contribution is -2.49. The number of nitriles is 1. The molecule has 4 rings (SSSR count). The molecule has 2 amide bonds. The van der Waals surface area contributed by atoms with Crippen LogP contribution in [0.25, 0.3) is 0 Å². The molecule has 0 saturated carbocycles. The van der Waals surface area contributed by atoms with Gasteiger partial charge in [0.15, 0.2) is 0 Å².